The van der Waals surface area contributed by atoms with E-state index in [0.29, 0.717) is 5.69 Å². The highest BCUT2D eigenvalue weighted by Crippen LogP contribution is 2.38. The van der Waals surface area contributed by atoms with Gasteiger partial charge in [-0.3, -0.25) is 9.78 Å². The van der Waals surface area contributed by atoms with E-state index < -0.39 is 11.0 Å². The fraction of sp³-hybridized carbons (Fsp3) is 0.462. The first-order valence-corrected chi connectivity index (χ1v) is 5.50. The molecule has 2 heterocycles. The third-order valence-corrected chi connectivity index (χ3v) is 3.26. The second-order valence-electron chi connectivity index (χ2n) is 5.41. The molecule has 4 nitrogen and oxygen atoms in total. The van der Waals surface area contributed by atoms with Crippen LogP contribution in [0, 0.1) is 6.57 Å². The SMILES string of the molecule is [C-]#[N+]c1cnc2c(c1)C(C)(C)C(=O)NC2(C)C. The summed E-state index contributed by atoms with van der Waals surface area (Å²) in [6.45, 7) is 14.6. The molecular weight excluding hydrogens is 214 g/mol. The van der Waals surface area contributed by atoms with Crippen LogP contribution in [0.2, 0.25) is 0 Å². The van der Waals surface area contributed by atoms with Gasteiger partial charge in [-0.25, -0.2) is 4.85 Å². The predicted octanol–water partition coefficient (Wildman–Crippen LogP) is 2.27. The number of nitrogens with zero attached hydrogens (tertiary/aromatic N) is 2. The molecule has 17 heavy (non-hydrogen) atoms. The highest BCUT2D eigenvalue weighted by molar-refractivity contribution is 5.90. The minimum Gasteiger partial charge on any atom is -0.345 e. The molecule has 0 fully saturated rings. The van der Waals surface area contributed by atoms with Crippen LogP contribution in [0.5, 0.6) is 0 Å². The van der Waals surface area contributed by atoms with Crippen LogP contribution in [0.3, 0.4) is 0 Å². The Morgan fingerprint density at radius 3 is 2.59 bits per heavy atom. The van der Waals surface area contributed by atoms with Crippen LogP contribution in [-0.2, 0) is 15.7 Å². The van der Waals surface area contributed by atoms with E-state index in [1.807, 2.05) is 27.7 Å². The van der Waals surface area contributed by atoms with Gasteiger partial charge in [-0.05, 0) is 39.3 Å². The topological polar surface area (TPSA) is 46.4 Å². The molecule has 1 aromatic rings. The highest BCUT2D eigenvalue weighted by atomic mass is 16.2. The van der Waals surface area contributed by atoms with E-state index in [-0.39, 0.29) is 5.91 Å². The summed E-state index contributed by atoms with van der Waals surface area (Å²) in [6.07, 6.45) is 1.56. The second-order valence-corrected chi connectivity index (χ2v) is 5.41. The molecule has 4 heteroatoms. The summed E-state index contributed by atoms with van der Waals surface area (Å²) in [5.41, 5.74) is 1.04. The highest BCUT2D eigenvalue weighted by Gasteiger charge is 2.43. The zero-order chi connectivity index (χ0) is 12.8. The van der Waals surface area contributed by atoms with Gasteiger partial charge in [0.25, 0.3) is 0 Å². The minimum absolute atomic E-state index is 0.0288. The molecule has 88 valence electrons. The van der Waals surface area contributed by atoms with Gasteiger partial charge in [-0.2, -0.15) is 0 Å². The van der Waals surface area contributed by atoms with Crippen molar-refractivity contribution in [2.45, 2.75) is 38.6 Å². The van der Waals surface area contributed by atoms with E-state index >= 15 is 0 Å². The number of fused-ring (bicyclic) bond motifs is 1. The largest absolute Gasteiger partial charge is 0.345 e. The van der Waals surface area contributed by atoms with Crippen LogP contribution in [0.4, 0.5) is 5.69 Å². The van der Waals surface area contributed by atoms with Gasteiger partial charge >= 0.3 is 0 Å². The third kappa shape index (κ3) is 1.59. The van der Waals surface area contributed by atoms with Gasteiger partial charge in [-0.1, -0.05) is 0 Å². The van der Waals surface area contributed by atoms with Crippen molar-refractivity contribution in [2.24, 2.45) is 0 Å². The molecule has 1 aliphatic heterocycles. The Bertz CT molecular complexity index is 538. The molecular formula is C13H15N3O. The fourth-order valence-electron chi connectivity index (χ4n) is 2.11. The molecule has 0 spiro atoms. The normalized spacial score (nSPS) is 20.1. The van der Waals surface area contributed by atoms with Crippen LogP contribution >= 0.6 is 0 Å². The van der Waals surface area contributed by atoms with Gasteiger partial charge in [0, 0.05) is 6.20 Å². The van der Waals surface area contributed by atoms with Crippen molar-refractivity contribution < 1.29 is 4.79 Å². The molecule has 1 aliphatic rings. The molecule has 0 bridgehead atoms. The van der Waals surface area contributed by atoms with Crippen molar-refractivity contribution in [1.82, 2.24) is 10.3 Å². The van der Waals surface area contributed by atoms with Gasteiger partial charge in [-0.15, -0.1) is 0 Å². The maximum atomic E-state index is 12.1. The first kappa shape index (κ1) is 11.6. The zero-order valence-electron chi connectivity index (χ0n) is 10.5. The summed E-state index contributed by atoms with van der Waals surface area (Å²) in [5.74, 6) is -0.0288. The summed E-state index contributed by atoms with van der Waals surface area (Å²) < 4.78 is 0. The molecule has 0 aliphatic carbocycles. The lowest BCUT2D eigenvalue weighted by molar-refractivity contribution is -0.128. The Morgan fingerprint density at radius 1 is 1.35 bits per heavy atom. The Balaban J connectivity index is 2.74. The Morgan fingerprint density at radius 2 is 2.00 bits per heavy atom. The molecule has 1 N–H and O–H groups in total. The summed E-state index contributed by atoms with van der Waals surface area (Å²) in [5, 5.41) is 2.96. The first-order chi connectivity index (χ1) is 7.79. The van der Waals surface area contributed by atoms with E-state index in [0.717, 1.165) is 11.3 Å². The van der Waals surface area contributed by atoms with Crippen LogP contribution in [0.25, 0.3) is 4.85 Å². The molecule has 0 saturated heterocycles. The molecule has 1 aromatic heterocycles. The van der Waals surface area contributed by atoms with E-state index in [9.17, 15) is 4.79 Å². The number of hydrogen-bond acceptors (Lipinski definition) is 2. The lowest BCUT2D eigenvalue weighted by atomic mass is 9.74. The average Bonchev–Trinajstić information content (AvgIpc) is 2.26. The first-order valence-electron chi connectivity index (χ1n) is 5.50. The number of carbonyl (C=O) groups is 1. The molecule has 0 atom stereocenters. The van der Waals surface area contributed by atoms with Crippen LogP contribution in [0.1, 0.15) is 39.0 Å². The number of carbonyl (C=O) groups excluding carboxylic acids is 1. The zero-order valence-corrected chi connectivity index (χ0v) is 10.5. The summed E-state index contributed by atoms with van der Waals surface area (Å²) in [4.78, 5) is 19.8. The van der Waals surface area contributed by atoms with Crippen molar-refractivity contribution in [3.05, 3.63) is 34.9 Å². The Labute approximate surface area is 101 Å². The second kappa shape index (κ2) is 3.30. The summed E-state index contributed by atoms with van der Waals surface area (Å²) >= 11 is 0. The maximum absolute atomic E-state index is 12.1. The number of nitrogens with one attached hydrogen (secondary N) is 1. The van der Waals surface area contributed by atoms with Gasteiger partial charge in [0.2, 0.25) is 11.6 Å². The average molecular weight is 229 g/mol. The summed E-state index contributed by atoms with van der Waals surface area (Å²) in [7, 11) is 0. The fourth-order valence-corrected chi connectivity index (χ4v) is 2.11. The van der Waals surface area contributed by atoms with Gasteiger partial charge < -0.3 is 5.32 Å². The summed E-state index contributed by atoms with van der Waals surface area (Å²) in [6, 6.07) is 1.77. The minimum atomic E-state index is -0.640. The van der Waals surface area contributed by atoms with Gasteiger partial charge in [0.1, 0.15) is 0 Å². The van der Waals surface area contributed by atoms with E-state index in [1.54, 1.807) is 12.3 Å². The number of hydrogen-bond donors (Lipinski definition) is 1. The van der Waals surface area contributed by atoms with Crippen molar-refractivity contribution >= 4 is 11.6 Å². The molecule has 0 aromatic carbocycles. The quantitative estimate of drug-likeness (QED) is 0.694. The Hall–Kier alpha value is -1.89. The predicted molar refractivity (Wildman–Crippen MR) is 64.7 cm³/mol. The van der Waals surface area contributed by atoms with Crippen molar-refractivity contribution in [3.8, 4) is 0 Å². The smallest absolute Gasteiger partial charge is 0.230 e. The molecule has 1 amide bonds. The van der Waals surface area contributed by atoms with Crippen LogP contribution in [0.15, 0.2) is 12.3 Å². The number of rotatable bonds is 0. The molecule has 0 radical (unpaired) electrons. The monoisotopic (exact) mass is 229 g/mol. The van der Waals surface area contributed by atoms with E-state index in [4.69, 9.17) is 6.57 Å². The van der Waals surface area contributed by atoms with Crippen molar-refractivity contribution in [1.29, 1.82) is 0 Å². The van der Waals surface area contributed by atoms with Crippen molar-refractivity contribution in [3.63, 3.8) is 0 Å². The maximum Gasteiger partial charge on any atom is 0.230 e. The van der Waals surface area contributed by atoms with E-state index in [1.165, 1.54) is 0 Å². The van der Waals surface area contributed by atoms with Gasteiger partial charge in [0.05, 0.1) is 23.2 Å². The number of amides is 1. The number of aromatic nitrogens is 1. The van der Waals surface area contributed by atoms with E-state index in [2.05, 4.69) is 15.1 Å². The third-order valence-electron chi connectivity index (χ3n) is 3.26. The molecule has 0 unspecified atom stereocenters. The number of pyridine rings is 1. The molecule has 2 rings (SSSR count). The standard InChI is InChI=1S/C13H15N3O/c1-12(2)9-6-8(14-5)7-15-10(9)13(3,4)16-11(12)17/h6-7H,1-4H3,(H,16,17). The van der Waals surface area contributed by atoms with Crippen LogP contribution < -0.4 is 5.32 Å². The lowest BCUT2D eigenvalue weighted by Crippen LogP contribution is -2.55. The molecule has 0 saturated carbocycles. The van der Waals surface area contributed by atoms with Gasteiger partial charge in [0.15, 0.2) is 0 Å². The Kier molecular flexibility index (Phi) is 2.25. The van der Waals surface area contributed by atoms with Crippen LogP contribution in [-0.4, -0.2) is 10.9 Å². The lowest BCUT2D eigenvalue weighted by Gasteiger charge is -2.40. The van der Waals surface area contributed by atoms with Crippen molar-refractivity contribution in [2.75, 3.05) is 0 Å².